The molecular weight excluding hydrogens is 258 g/mol. The van der Waals surface area contributed by atoms with Gasteiger partial charge >= 0.3 is 0 Å². The summed E-state index contributed by atoms with van der Waals surface area (Å²) in [7, 11) is 0. The van der Waals surface area contributed by atoms with Crippen LogP contribution in [0.15, 0.2) is 16.6 Å². The van der Waals surface area contributed by atoms with Crippen LogP contribution in [-0.4, -0.2) is 17.8 Å². The predicted octanol–water partition coefficient (Wildman–Crippen LogP) is 1.76. The molecule has 4 heteroatoms. The van der Waals surface area contributed by atoms with Crippen molar-refractivity contribution in [3.05, 3.63) is 27.7 Å². The van der Waals surface area contributed by atoms with Crippen LogP contribution in [0.5, 0.6) is 5.75 Å². The summed E-state index contributed by atoms with van der Waals surface area (Å²) in [4.78, 5) is 0. The normalized spacial score (nSPS) is 18.1. The summed E-state index contributed by atoms with van der Waals surface area (Å²) >= 11 is 3.43. The SMILES string of the molecule is CC(N)C(O)c1cc(Br)cc2c1OCC2. The maximum Gasteiger partial charge on any atom is 0.128 e. The molecule has 15 heavy (non-hydrogen) atoms. The number of rotatable bonds is 2. The molecule has 1 aromatic carbocycles. The number of hydrogen-bond donors (Lipinski definition) is 2. The molecule has 1 aliphatic heterocycles. The third-order valence-electron chi connectivity index (χ3n) is 2.59. The van der Waals surface area contributed by atoms with E-state index in [2.05, 4.69) is 15.9 Å². The van der Waals surface area contributed by atoms with Gasteiger partial charge in [0.1, 0.15) is 5.75 Å². The van der Waals surface area contributed by atoms with E-state index in [1.54, 1.807) is 6.92 Å². The lowest BCUT2D eigenvalue weighted by molar-refractivity contribution is 0.149. The number of hydrogen-bond acceptors (Lipinski definition) is 3. The fraction of sp³-hybridized carbons (Fsp3) is 0.455. The van der Waals surface area contributed by atoms with Gasteiger partial charge in [-0.25, -0.2) is 0 Å². The number of halogens is 1. The maximum atomic E-state index is 9.96. The Morgan fingerprint density at radius 2 is 2.27 bits per heavy atom. The van der Waals surface area contributed by atoms with Gasteiger partial charge in [-0.2, -0.15) is 0 Å². The zero-order valence-electron chi connectivity index (χ0n) is 8.53. The molecule has 0 bridgehead atoms. The van der Waals surface area contributed by atoms with Crippen molar-refractivity contribution in [3.63, 3.8) is 0 Å². The van der Waals surface area contributed by atoms with Gasteiger partial charge in [-0.05, 0) is 24.6 Å². The van der Waals surface area contributed by atoms with Gasteiger partial charge in [0.05, 0.1) is 12.7 Å². The van der Waals surface area contributed by atoms with Crippen LogP contribution in [0.3, 0.4) is 0 Å². The highest BCUT2D eigenvalue weighted by atomic mass is 79.9. The van der Waals surface area contributed by atoms with Crippen molar-refractivity contribution in [2.45, 2.75) is 25.5 Å². The highest BCUT2D eigenvalue weighted by molar-refractivity contribution is 9.10. The maximum absolute atomic E-state index is 9.96. The number of fused-ring (bicyclic) bond motifs is 1. The molecule has 0 saturated heterocycles. The molecule has 3 nitrogen and oxygen atoms in total. The minimum absolute atomic E-state index is 0.299. The molecule has 0 fully saturated rings. The second kappa shape index (κ2) is 4.12. The van der Waals surface area contributed by atoms with Gasteiger partial charge in [-0.1, -0.05) is 15.9 Å². The topological polar surface area (TPSA) is 55.5 Å². The Balaban J connectivity index is 2.47. The van der Waals surface area contributed by atoms with Crippen LogP contribution in [0.4, 0.5) is 0 Å². The van der Waals surface area contributed by atoms with E-state index in [4.69, 9.17) is 10.5 Å². The molecule has 0 spiro atoms. The van der Waals surface area contributed by atoms with Gasteiger partial charge in [0.15, 0.2) is 0 Å². The lowest BCUT2D eigenvalue weighted by Crippen LogP contribution is -2.24. The van der Waals surface area contributed by atoms with Crippen LogP contribution in [0.2, 0.25) is 0 Å². The highest BCUT2D eigenvalue weighted by Gasteiger charge is 2.23. The van der Waals surface area contributed by atoms with E-state index in [1.165, 1.54) is 0 Å². The molecule has 0 saturated carbocycles. The molecule has 2 rings (SSSR count). The fourth-order valence-corrected chi connectivity index (χ4v) is 2.32. The molecule has 1 aromatic rings. The molecule has 0 aliphatic carbocycles. The Labute approximate surface area is 97.4 Å². The molecule has 0 aromatic heterocycles. The number of nitrogens with two attached hydrogens (primary N) is 1. The van der Waals surface area contributed by atoms with Crippen LogP contribution >= 0.6 is 15.9 Å². The quantitative estimate of drug-likeness (QED) is 0.862. The standard InChI is InChI=1S/C11H14BrNO2/c1-6(13)10(14)9-5-8(12)4-7-2-3-15-11(7)9/h4-6,10,14H,2-3,13H2,1H3. The minimum atomic E-state index is -0.672. The largest absolute Gasteiger partial charge is 0.493 e. The third-order valence-corrected chi connectivity index (χ3v) is 3.05. The second-order valence-corrected chi connectivity index (χ2v) is 4.80. The van der Waals surface area contributed by atoms with E-state index in [-0.39, 0.29) is 6.04 Å². The van der Waals surface area contributed by atoms with Gasteiger partial charge in [-0.3, -0.25) is 0 Å². The van der Waals surface area contributed by atoms with Gasteiger partial charge in [0.25, 0.3) is 0 Å². The first kappa shape index (κ1) is 10.9. The number of ether oxygens (including phenoxy) is 1. The Morgan fingerprint density at radius 3 is 2.93 bits per heavy atom. The van der Waals surface area contributed by atoms with Gasteiger partial charge < -0.3 is 15.6 Å². The van der Waals surface area contributed by atoms with Crippen molar-refractivity contribution in [3.8, 4) is 5.75 Å². The Hall–Kier alpha value is -0.580. The zero-order chi connectivity index (χ0) is 11.0. The zero-order valence-corrected chi connectivity index (χ0v) is 10.1. The fourth-order valence-electron chi connectivity index (χ4n) is 1.80. The molecule has 3 N–H and O–H groups in total. The molecule has 0 amide bonds. The monoisotopic (exact) mass is 271 g/mol. The van der Waals surface area contributed by atoms with E-state index in [0.29, 0.717) is 6.61 Å². The van der Waals surface area contributed by atoms with Crippen LogP contribution < -0.4 is 10.5 Å². The van der Waals surface area contributed by atoms with E-state index in [0.717, 1.165) is 27.8 Å². The van der Waals surface area contributed by atoms with Crippen LogP contribution in [0.25, 0.3) is 0 Å². The first-order valence-electron chi connectivity index (χ1n) is 4.98. The van der Waals surface area contributed by atoms with Crippen molar-refractivity contribution >= 4 is 15.9 Å². The first-order chi connectivity index (χ1) is 7.09. The smallest absolute Gasteiger partial charge is 0.128 e. The Kier molecular flexibility index (Phi) is 3.00. The third kappa shape index (κ3) is 2.02. The summed E-state index contributed by atoms with van der Waals surface area (Å²) in [5.41, 5.74) is 7.61. The number of aliphatic hydroxyl groups is 1. The number of aliphatic hydroxyl groups excluding tert-OH is 1. The van der Waals surface area contributed by atoms with Crippen molar-refractivity contribution in [1.29, 1.82) is 0 Å². The number of benzene rings is 1. The van der Waals surface area contributed by atoms with Gasteiger partial charge in [0.2, 0.25) is 0 Å². The molecule has 2 unspecified atom stereocenters. The Morgan fingerprint density at radius 1 is 1.53 bits per heavy atom. The average Bonchev–Trinajstić information content (AvgIpc) is 2.62. The van der Waals surface area contributed by atoms with Crippen LogP contribution in [0, 0.1) is 0 Å². The molecule has 82 valence electrons. The van der Waals surface area contributed by atoms with Crippen LogP contribution in [-0.2, 0) is 6.42 Å². The summed E-state index contributed by atoms with van der Waals surface area (Å²) in [5.74, 6) is 0.808. The minimum Gasteiger partial charge on any atom is -0.493 e. The average molecular weight is 272 g/mol. The Bertz CT molecular complexity index is 379. The van der Waals surface area contributed by atoms with Crippen LogP contribution in [0.1, 0.15) is 24.2 Å². The molecule has 0 radical (unpaired) electrons. The second-order valence-electron chi connectivity index (χ2n) is 3.89. The van der Waals surface area contributed by atoms with E-state index in [1.807, 2.05) is 12.1 Å². The summed E-state index contributed by atoms with van der Waals surface area (Å²) < 4.78 is 6.48. The lowest BCUT2D eigenvalue weighted by Gasteiger charge is -2.18. The molecule has 1 heterocycles. The molecular formula is C11H14BrNO2. The van der Waals surface area contributed by atoms with Crippen molar-refractivity contribution in [1.82, 2.24) is 0 Å². The van der Waals surface area contributed by atoms with E-state index < -0.39 is 6.10 Å². The summed E-state index contributed by atoms with van der Waals surface area (Å²) in [6.07, 6.45) is 0.224. The summed E-state index contributed by atoms with van der Waals surface area (Å²) in [5, 5.41) is 9.96. The van der Waals surface area contributed by atoms with Crippen molar-refractivity contribution in [2.24, 2.45) is 5.73 Å². The van der Waals surface area contributed by atoms with E-state index >= 15 is 0 Å². The summed E-state index contributed by atoms with van der Waals surface area (Å²) in [6.45, 7) is 2.47. The van der Waals surface area contributed by atoms with E-state index in [9.17, 15) is 5.11 Å². The highest BCUT2D eigenvalue weighted by Crippen LogP contribution is 2.37. The lowest BCUT2D eigenvalue weighted by atomic mass is 10.00. The van der Waals surface area contributed by atoms with Crippen molar-refractivity contribution in [2.75, 3.05) is 6.61 Å². The molecule has 2 atom stereocenters. The predicted molar refractivity (Wildman–Crippen MR) is 62.0 cm³/mol. The van der Waals surface area contributed by atoms with Gasteiger partial charge in [-0.15, -0.1) is 0 Å². The first-order valence-corrected chi connectivity index (χ1v) is 5.77. The van der Waals surface area contributed by atoms with Gasteiger partial charge in [0, 0.05) is 22.5 Å². The van der Waals surface area contributed by atoms with Crippen molar-refractivity contribution < 1.29 is 9.84 Å². The molecule has 1 aliphatic rings. The summed E-state index contributed by atoms with van der Waals surface area (Å²) in [6, 6.07) is 3.60.